The second-order valence-corrected chi connectivity index (χ2v) is 14.9. The highest BCUT2D eigenvalue weighted by atomic mass is 16.3. The van der Waals surface area contributed by atoms with Crippen molar-refractivity contribution in [2.24, 2.45) is 0 Å². The maximum absolute atomic E-state index is 6.42. The Morgan fingerprint density at radius 3 is 1.27 bits per heavy atom. The third-order valence-corrected chi connectivity index (χ3v) is 11.8. The molecule has 0 amide bonds. The largest absolute Gasteiger partial charge is 0.456 e. The number of rotatable bonds is 3. The first-order valence-corrected chi connectivity index (χ1v) is 19.0. The Kier molecular flexibility index (Phi) is 6.40. The zero-order valence-electron chi connectivity index (χ0n) is 29.9. The molecule has 0 saturated heterocycles. The lowest BCUT2D eigenvalue weighted by Crippen LogP contribution is -1.91. The van der Waals surface area contributed by atoms with E-state index in [2.05, 4.69) is 194 Å². The molecule has 55 heavy (non-hydrogen) atoms. The molecule has 1 aromatic heterocycles. The van der Waals surface area contributed by atoms with Crippen LogP contribution in [0.2, 0.25) is 0 Å². The van der Waals surface area contributed by atoms with Gasteiger partial charge in [0.15, 0.2) is 0 Å². The van der Waals surface area contributed by atoms with E-state index in [0.717, 1.165) is 16.6 Å². The van der Waals surface area contributed by atoms with Crippen LogP contribution in [-0.2, 0) is 0 Å². The number of benzene rings is 11. The molecule has 0 bridgehead atoms. The number of furan rings is 1. The lowest BCUT2D eigenvalue weighted by atomic mass is 9.85. The zero-order valence-corrected chi connectivity index (χ0v) is 29.9. The predicted octanol–water partition coefficient (Wildman–Crippen LogP) is 15.5. The summed E-state index contributed by atoms with van der Waals surface area (Å²) in [5.41, 5.74) is 9.29. The van der Waals surface area contributed by atoms with Crippen molar-refractivity contribution in [3.63, 3.8) is 0 Å². The van der Waals surface area contributed by atoms with Crippen molar-refractivity contribution < 1.29 is 4.42 Å². The second-order valence-electron chi connectivity index (χ2n) is 14.9. The summed E-state index contributed by atoms with van der Waals surface area (Å²) >= 11 is 0. The Hall–Kier alpha value is -7.22. The van der Waals surface area contributed by atoms with Gasteiger partial charge in [0.1, 0.15) is 11.2 Å². The van der Waals surface area contributed by atoms with Crippen LogP contribution in [0.5, 0.6) is 0 Å². The minimum atomic E-state index is 0.924. The fourth-order valence-electron chi connectivity index (χ4n) is 9.15. The summed E-state index contributed by atoms with van der Waals surface area (Å²) in [5.74, 6) is 0. The average molecular weight is 697 g/mol. The maximum Gasteiger partial charge on any atom is 0.136 e. The van der Waals surface area contributed by atoms with Crippen molar-refractivity contribution >= 4 is 86.6 Å². The van der Waals surface area contributed by atoms with E-state index in [4.69, 9.17) is 4.42 Å². The second kappa shape index (κ2) is 11.6. The van der Waals surface area contributed by atoms with Crippen LogP contribution in [0.25, 0.3) is 120 Å². The molecule has 0 aliphatic rings. The first-order valence-electron chi connectivity index (χ1n) is 19.0. The van der Waals surface area contributed by atoms with E-state index in [1.165, 1.54) is 103 Å². The van der Waals surface area contributed by atoms with E-state index in [-0.39, 0.29) is 0 Å². The summed E-state index contributed by atoms with van der Waals surface area (Å²) < 4.78 is 6.42. The molecule has 12 rings (SSSR count). The molecule has 11 aromatic carbocycles. The molecule has 254 valence electrons. The Balaban J connectivity index is 0.970. The number of hydrogen-bond acceptors (Lipinski definition) is 1. The van der Waals surface area contributed by atoms with Crippen LogP contribution >= 0.6 is 0 Å². The molecule has 1 heterocycles. The molecule has 0 aliphatic carbocycles. The first kappa shape index (κ1) is 30.3. The molecule has 1 nitrogen and oxygen atoms in total. The average Bonchev–Trinajstić information content (AvgIpc) is 3.61. The molecule has 0 N–H and O–H groups in total. The minimum Gasteiger partial charge on any atom is -0.456 e. The quantitative estimate of drug-likeness (QED) is 0.168. The fourth-order valence-corrected chi connectivity index (χ4v) is 9.15. The van der Waals surface area contributed by atoms with Gasteiger partial charge in [0, 0.05) is 10.8 Å². The van der Waals surface area contributed by atoms with Crippen LogP contribution in [0, 0.1) is 0 Å². The third kappa shape index (κ3) is 4.67. The summed E-state index contributed by atoms with van der Waals surface area (Å²) in [6.45, 7) is 0. The SMILES string of the molecule is c1ccc2cc(-c3c4ccccc4c(-c4ccc5cc(-c6ccc7cc8c(cc7c6)oc6ccc7ccccc7c68)ccc5c4)c4ccccc34)ccc2c1. The van der Waals surface area contributed by atoms with E-state index in [1.54, 1.807) is 0 Å². The van der Waals surface area contributed by atoms with Crippen LogP contribution in [0.15, 0.2) is 199 Å². The van der Waals surface area contributed by atoms with Gasteiger partial charge in [0.05, 0.1) is 0 Å². The van der Waals surface area contributed by atoms with Crippen LogP contribution < -0.4 is 0 Å². The van der Waals surface area contributed by atoms with Crippen molar-refractivity contribution in [2.45, 2.75) is 0 Å². The van der Waals surface area contributed by atoms with Crippen molar-refractivity contribution in [1.82, 2.24) is 0 Å². The van der Waals surface area contributed by atoms with Gasteiger partial charge in [-0.15, -0.1) is 0 Å². The predicted molar refractivity (Wildman–Crippen MR) is 235 cm³/mol. The topological polar surface area (TPSA) is 13.1 Å². The van der Waals surface area contributed by atoms with Crippen LogP contribution in [0.3, 0.4) is 0 Å². The molecular formula is C54H32O. The Labute approximate surface area is 317 Å². The smallest absolute Gasteiger partial charge is 0.136 e. The molecule has 0 spiro atoms. The highest BCUT2D eigenvalue weighted by Gasteiger charge is 2.18. The molecule has 0 radical (unpaired) electrons. The number of fused-ring (bicyclic) bond motifs is 10. The summed E-state index contributed by atoms with van der Waals surface area (Å²) in [7, 11) is 0. The summed E-state index contributed by atoms with van der Waals surface area (Å²) in [6.07, 6.45) is 0. The summed E-state index contributed by atoms with van der Waals surface area (Å²) in [4.78, 5) is 0. The van der Waals surface area contributed by atoms with Crippen molar-refractivity contribution in [2.75, 3.05) is 0 Å². The van der Waals surface area contributed by atoms with Crippen LogP contribution in [0.4, 0.5) is 0 Å². The lowest BCUT2D eigenvalue weighted by Gasteiger charge is -2.18. The van der Waals surface area contributed by atoms with Gasteiger partial charge in [-0.3, -0.25) is 0 Å². The van der Waals surface area contributed by atoms with Crippen LogP contribution in [0.1, 0.15) is 0 Å². The van der Waals surface area contributed by atoms with E-state index in [1.807, 2.05) is 0 Å². The molecule has 12 aromatic rings. The molecule has 0 aliphatic heterocycles. The first-order chi connectivity index (χ1) is 27.2. The molecular weight excluding hydrogens is 665 g/mol. The Morgan fingerprint density at radius 2 is 0.655 bits per heavy atom. The van der Waals surface area contributed by atoms with Gasteiger partial charge < -0.3 is 4.42 Å². The molecule has 0 atom stereocenters. The highest BCUT2D eigenvalue weighted by Crippen LogP contribution is 2.45. The summed E-state index contributed by atoms with van der Waals surface area (Å²) in [6, 6.07) is 71.2. The van der Waals surface area contributed by atoms with E-state index < -0.39 is 0 Å². The van der Waals surface area contributed by atoms with Gasteiger partial charge in [-0.1, -0.05) is 152 Å². The monoisotopic (exact) mass is 696 g/mol. The minimum absolute atomic E-state index is 0.924. The molecule has 0 fully saturated rings. The van der Waals surface area contributed by atoms with Gasteiger partial charge in [-0.05, 0) is 140 Å². The van der Waals surface area contributed by atoms with Crippen molar-refractivity contribution in [3.8, 4) is 33.4 Å². The normalized spacial score (nSPS) is 12.0. The molecule has 0 saturated carbocycles. The Morgan fingerprint density at radius 1 is 0.236 bits per heavy atom. The third-order valence-electron chi connectivity index (χ3n) is 11.8. The van der Waals surface area contributed by atoms with Gasteiger partial charge >= 0.3 is 0 Å². The lowest BCUT2D eigenvalue weighted by molar-refractivity contribution is 0.670. The Bertz CT molecular complexity index is 3490. The van der Waals surface area contributed by atoms with E-state index in [9.17, 15) is 0 Å². The van der Waals surface area contributed by atoms with Gasteiger partial charge in [-0.25, -0.2) is 0 Å². The van der Waals surface area contributed by atoms with Gasteiger partial charge in [0.25, 0.3) is 0 Å². The van der Waals surface area contributed by atoms with Gasteiger partial charge in [0.2, 0.25) is 0 Å². The van der Waals surface area contributed by atoms with Gasteiger partial charge in [-0.2, -0.15) is 0 Å². The van der Waals surface area contributed by atoms with Crippen molar-refractivity contribution in [1.29, 1.82) is 0 Å². The molecule has 0 unspecified atom stereocenters. The maximum atomic E-state index is 6.42. The highest BCUT2D eigenvalue weighted by molar-refractivity contribution is 6.23. The van der Waals surface area contributed by atoms with Crippen LogP contribution in [-0.4, -0.2) is 0 Å². The van der Waals surface area contributed by atoms with E-state index in [0.29, 0.717) is 0 Å². The zero-order chi connectivity index (χ0) is 36.0. The molecule has 1 heteroatoms. The van der Waals surface area contributed by atoms with Crippen molar-refractivity contribution in [3.05, 3.63) is 194 Å². The summed E-state index contributed by atoms with van der Waals surface area (Å²) in [5, 5.41) is 17.2. The fraction of sp³-hybridized carbons (Fsp3) is 0. The standard InChI is InChI=1S/C54H32O/c1-2-11-35-28-41(23-17-33(35)9-1)52-45-13-5-7-15-47(45)53(48-16-8-6-14-46(48)52)42-24-22-37-27-36(18-19-38(37)29-42)39-20-21-40-31-49-51(32-43(40)30-39)55-50-26-25-34-10-3-4-12-44(34)54(49)50/h1-32H. The van der Waals surface area contributed by atoms with E-state index >= 15 is 0 Å². The number of hydrogen-bond donors (Lipinski definition) is 0.